The number of nitrogens with two attached hydrogens (primary N) is 1. The third-order valence-electron chi connectivity index (χ3n) is 9.45. The SMILES string of the molecule is CN(C)c1cc(CNC2CCCCC2)c(O)c2c1CC1CC3C(N(C)C)C(O)=C(C(N)=O)C(=O)C3(O)C(O)=C1C2=O. The average Bonchev–Trinajstić information content (AvgIpc) is 2.90. The molecule has 0 aliphatic heterocycles. The smallest absolute Gasteiger partial charge is 0.255 e. The zero-order chi connectivity index (χ0) is 30.0. The summed E-state index contributed by atoms with van der Waals surface area (Å²) in [6.45, 7) is 0.355. The highest BCUT2D eigenvalue weighted by atomic mass is 16.3. The van der Waals surface area contributed by atoms with Gasteiger partial charge in [0.25, 0.3) is 5.91 Å². The van der Waals surface area contributed by atoms with Gasteiger partial charge < -0.3 is 36.4 Å². The number of anilines is 1. The van der Waals surface area contributed by atoms with Crippen molar-refractivity contribution in [2.75, 3.05) is 33.1 Å². The van der Waals surface area contributed by atoms with Crippen molar-refractivity contribution in [3.8, 4) is 5.75 Å². The maximum Gasteiger partial charge on any atom is 0.255 e. The third-order valence-corrected chi connectivity index (χ3v) is 9.45. The van der Waals surface area contributed by atoms with Crippen molar-refractivity contribution >= 4 is 23.2 Å². The molecule has 4 atom stereocenters. The molecule has 0 bridgehead atoms. The number of aliphatic hydroxyl groups excluding tert-OH is 2. The Morgan fingerprint density at radius 1 is 1.10 bits per heavy atom. The van der Waals surface area contributed by atoms with E-state index in [2.05, 4.69) is 5.32 Å². The number of aromatic hydroxyl groups is 1. The highest BCUT2D eigenvalue weighted by molar-refractivity contribution is 6.24. The van der Waals surface area contributed by atoms with Crippen LogP contribution >= 0.6 is 0 Å². The Labute approximate surface area is 239 Å². The molecule has 1 aromatic rings. The zero-order valence-electron chi connectivity index (χ0n) is 24.0. The van der Waals surface area contributed by atoms with Crippen LogP contribution in [-0.2, 0) is 22.6 Å². The molecule has 1 fully saturated rings. The molecule has 4 aliphatic carbocycles. The second kappa shape index (κ2) is 10.5. The van der Waals surface area contributed by atoms with Gasteiger partial charge in [0, 0.05) is 49.4 Å². The second-order valence-corrected chi connectivity index (χ2v) is 12.3. The van der Waals surface area contributed by atoms with Crippen LogP contribution < -0.4 is 16.0 Å². The number of allylic oxidation sites excluding steroid dienone is 1. The zero-order valence-corrected chi connectivity index (χ0v) is 24.0. The Balaban J connectivity index is 1.63. The fourth-order valence-electron chi connectivity index (χ4n) is 7.45. The quantitative estimate of drug-likeness (QED) is 0.276. The summed E-state index contributed by atoms with van der Waals surface area (Å²) in [5.41, 5.74) is 3.76. The molecule has 4 unspecified atom stereocenters. The number of rotatable bonds is 6. The van der Waals surface area contributed by atoms with E-state index < -0.39 is 58.0 Å². The minimum Gasteiger partial charge on any atom is -0.510 e. The summed E-state index contributed by atoms with van der Waals surface area (Å²) in [5.74, 6) is -6.44. The second-order valence-electron chi connectivity index (χ2n) is 12.3. The summed E-state index contributed by atoms with van der Waals surface area (Å²) in [4.78, 5) is 43.2. The lowest BCUT2D eigenvalue weighted by Crippen LogP contribution is -2.63. The third kappa shape index (κ3) is 4.41. The summed E-state index contributed by atoms with van der Waals surface area (Å²) in [6.07, 6.45) is 5.91. The van der Waals surface area contributed by atoms with Crippen molar-refractivity contribution in [1.29, 1.82) is 0 Å². The number of carbonyl (C=O) groups excluding carboxylic acids is 3. The van der Waals surface area contributed by atoms with Gasteiger partial charge in [-0.15, -0.1) is 0 Å². The fraction of sp³-hybridized carbons (Fsp3) is 0.567. The Morgan fingerprint density at radius 3 is 2.34 bits per heavy atom. The highest BCUT2D eigenvalue weighted by Gasteiger charge is 2.63. The first kappa shape index (κ1) is 29.1. The number of phenolic OH excluding ortho intramolecular Hbond substituents is 1. The summed E-state index contributed by atoms with van der Waals surface area (Å²) in [6, 6.07) is 1.19. The Bertz CT molecular complexity index is 1380. The van der Waals surface area contributed by atoms with Crippen molar-refractivity contribution in [2.45, 2.75) is 69.2 Å². The maximum atomic E-state index is 14.1. The van der Waals surface area contributed by atoms with Gasteiger partial charge in [0.1, 0.15) is 22.8 Å². The minimum absolute atomic E-state index is 0.0393. The summed E-state index contributed by atoms with van der Waals surface area (Å²) in [7, 11) is 6.93. The van der Waals surface area contributed by atoms with E-state index in [-0.39, 0.29) is 29.7 Å². The van der Waals surface area contributed by atoms with E-state index in [1.807, 2.05) is 25.1 Å². The van der Waals surface area contributed by atoms with Gasteiger partial charge in [-0.05, 0) is 57.3 Å². The summed E-state index contributed by atoms with van der Waals surface area (Å²) < 4.78 is 0. The molecule has 7 N–H and O–H groups in total. The van der Waals surface area contributed by atoms with Gasteiger partial charge in [-0.3, -0.25) is 19.3 Å². The number of hydrogen-bond donors (Lipinski definition) is 6. The van der Waals surface area contributed by atoms with Crippen LogP contribution in [0.4, 0.5) is 5.69 Å². The van der Waals surface area contributed by atoms with Crippen molar-refractivity contribution in [2.24, 2.45) is 17.6 Å². The van der Waals surface area contributed by atoms with Gasteiger partial charge in [-0.1, -0.05) is 19.3 Å². The van der Waals surface area contributed by atoms with Gasteiger partial charge in [0.2, 0.25) is 5.78 Å². The van der Waals surface area contributed by atoms with E-state index in [1.165, 1.54) is 6.42 Å². The fourth-order valence-corrected chi connectivity index (χ4v) is 7.45. The van der Waals surface area contributed by atoms with Crippen LogP contribution in [0, 0.1) is 11.8 Å². The molecule has 222 valence electrons. The molecule has 4 aliphatic rings. The number of nitrogens with one attached hydrogen (secondary N) is 1. The molecule has 11 heteroatoms. The number of Topliss-reactive ketones (excluding diaryl/α,β-unsaturated/α-hetero) is 2. The number of benzene rings is 1. The van der Waals surface area contributed by atoms with E-state index >= 15 is 0 Å². The van der Waals surface area contributed by atoms with E-state index in [1.54, 1.807) is 19.0 Å². The molecule has 0 aromatic heterocycles. The molecule has 0 heterocycles. The van der Waals surface area contributed by atoms with Crippen LogP contribution in [0.15, 0.2) is 28.7 Å². The van der Waals surface area contributed by atoms with E-state index in [9.17, 15) is 34.8 Å². The van der Waals surface area contributed by atoms with E-state index in [0.29, 0.717) is 23.7 Å². The standard InChI is InChI=1S/C30H40N4O7/c1-33(2)19-12-15(13-32-16-8-6-5-7-9-16)24(35)21-17(19)10-14-11-18-23(34(3)4)26(37)22(29(31)40)28(39)30(18,41)27(38)20(14)25(21)36/h12,14,16,18,23,32,35,37-38,41H,5-11,13H2,1-4H3,(H2,31,40). The topological polar surface area (TPSA) is 177 Å². The first-order chi connectivity index (χ1) is 19.3. The molecule has 1 saturated carbocycles. The number of primary amides is 1. The van der Waals surface area contributed by atoms with Crippen molar-refractivity contribution in [3.05, 3.63) is 45.4 Å². The molecular weight excluding hydrogens is 528 g/mol. The lowest BCUT2D eigenvalue weighted by molar-refractivity contribution is -0.148. The lowest BCUT2D eigenvalue weighted by atomic mass is 9.58. The van der Waals surface area contributed by atoms with Gasteiger partial charge in [0.05, 0.1) is 11.6 Å². The van der Waals surface area contributed by atoms with Crippen LogP contribution in [0.5, 0.6) is 5.75 Å². The van der Waals surface area contributed by atoms with Crippen LogP contribution in [0.2, 0.25) is 0 Å². The lowest BCUT2D eigenvalue weighted by Gasteiger charge is -2.50. The molecule has 11 nitrogen and oxygen atoms in total. The Morgan fingerprint density at radius 2 is 1.76 bits per heavy atom. The van der Waals surface area contributed by atoms with Crippen molar-refractivity contribution in [3.63, 3.8) is 0 Å². The molecule has 5 rings (SSSR count). The Kier molecular flexibility index (Phi) is 7.42. The highest BCUT2D eigenvalue weighted by Crippen LogP contribution is 2.53. The number of phenols is 1. The summed E-state index contributed by atoms with van der Waals surface area (Å²) >= 11 is 0. The number of ketones is 2. The first-order valence-electron chi connectivity index (χ1n) is 14.2. The Hall–Kier alpha value is -3.41. The van der Waals surface area contributed by atoms with E-state index in [4.69, 9.17) is 5.73 Å². The number of likely N-dealkylation sites (N-methyl/N-ethyl adjacent to an activating group) is 1. The molecule has 0 radical (unpaired) electrons. The first-order valence-corrected chi connectivity index (χ1v) is 14.2. The molecule has 1 aromatic carbocycles. The number of hydrogen-bond acceptors (Lipinski definition) is 10. The molecule has 41 heavy (non-hydrogen) atoms. The summed E-state index contributed by atoms with van der Waals surface area (Å²) in [5, 5.41) is 49.2. The minimum atomic E-state index is -2.65. The number of amides is 1. The van der Waals surface area contributed by atoms with Crippen LogP contribution in [0.3, 0.4) is 0 Å². The van der Waals surface area contributed by atoms with Gasteiger partial charge in [0.15, 0.2) is 11.4 Å². The van der Waals surface area contributed by atoms with Gasteiger partial charge in [-0.2, -0.15) is 0 Å². The molecule has 0 spiro atoms. The predicted molar refractivity (Wildman–Crippen MR) is 152 cm³/mol. The maximum absolute atomic E-state index is 14.1. The van der Waals surface area contributed by atoms with Crippen LogP contribution in [0.1, 0.15) is 60.0 Å². The number of aliphatic hydroxyl groups is 3. The predicted octanol–water partition coefficient (Wildman–Crippen LogP) is 1.61. The molecular formula is C30H40N4O7. The van der Waals surface area contributed by atoms with Crippen molar-refractivity contribution in [1.82, 2.24) is 10.2 Å². The number of carbonyl (C=O) groups is 3. The number of fused-ring (bicyclic) bond motifs is 3. The molecule has 1 amide bonds. The van der Waals surface area contributed by atoms with Crippen LogP contribution in [-0.4, -0.2) is 88.7 Å². The van der Waals surface area contributed by atoms with E-state index in [0.717, 1.165) is 31.4 Å². The van der Waals surface area contributed by atoms with Gasteiger partial charge in [-0.25, -0.2) is 0 Å². The monoisotopic (exact) mass is 568 g/mol. The van der Waals surface area contributed by atoms with Gasteiger partial charge >= 0.3 is 0 Å². The largest absolute Gasteiger partial charge is 0.510 e. The molecule has 0 saturated heterocycles. The normalized spacial score (nSPS) is 28.5. The number of nitrogens with zero attached hydrogens (tertiary/aromatic N) is 2. The average molecular weight is 569 g/mol. The van der Waals surface area contributed by atoms with Crippen molar-refractivity contribution < 1.29 is 34.8 Å². The van der Waals surface area contributed by atoms with Crippen LogP contribution in [0.25, 0.3) is 0 Å².